The zero-order valence-corrected chi connectivity index (χ0v) is 28.3. The van der Waals surface area contributed by atoms with Gasteiger partial charge >= 0.3 is 0 Å². The fourth-order valence-electron chi connectivity index (χ4n) is 4.99. The van der Waals surface area contributed by atoms with Gasteiger partial charge < -0.3 is 15.0 Å². The second-order valence-electron chi connectivity index (χ2n) is 11.0. The first-order valence-corrected chi connectivity index (χ1v) is 17.9. The van der Waals surface area contributed by atoms with Crippen LogP contribution in [0.4, 0.5) is 5.69 Å². The van der Waals surface area contributed by atoms with Gasteiger partial charge in [0.05, 0.1) is 17.2 Å². The molecule has 0 spiro atoms. The maximum absolute atomic E-state index is 14.5. The first-order chi connectivity index (χ1) is 22.1. The number of amides is 2. The predicted octanol–water partition coefficient (Wildman–Crippen LogP) is 6.17. The van der Waals surface area contributed by atoms with Crippen LogP contribution in [0.15, 0.2) is 119 Å². The third-order valence-corrected chi connectivity index (χ3v) is 9.79. The Balaban J connectivity index is 1.79. The maximum Gasteiger partial charge on any atom is 0.264 e. The average molecular weight is 660 g/mol. The van der Waals surface area contributed by atoms with Crippen LogP contribution in [-0.4, -0.2) is 56.6 Å². The number of thioether (sulfide) groups is 1. The quantitative estimate of drug-likeness (QED) is 0.154. The van der Waals surface area contributed by atoms with E-state index in [-0.39, 0.29) is 29.8 Å². The molecule has 1 N–H and O–H groups in total. The lowest BCUT2D eigenvalue weighted by atomic mass is 10.0. The number of nitrogens with one attached hydrogen (secondary N) is 1. The van der Waals surface area contributed by atoms with Gasteiger partial charge in [0.2, 0.25) is 11.8 Å². The van der Waals surface area contributed by atoms with Gasteiger partial charge in [-0.15, -0.1) is 11.8 Å². The minimum Gasteiger partial charge on any atom is -0.494 e. The topological polar surface area (TPSA) is 96.0 Å². The standard InChI is InChI=1S/C36H41N3O5S2/c1-5-44-31-18-16-30(17-19-31)39(46(42,43)33-22-20-32(45-4)21-23-33)26-35(40)38(25-29-14-10-7-11-15-29)34(36(41)37-27(2)3)24-28-12-8-6-9-13-28/h6-23,27,34H,5,24-26H2,1-4H3,(H,37,41)/t34-/m1/s1. The van der Waals surface area contributed by atoms with Gasteiger partial charge in [-0.3, -0.25) is 13.9 Å². The molecule has 4 aromatic carbocycles. The molecule has 8 nitrogen and oxygen atoms in total. The fourth-order valence-corrected chi connectivity index (χ4v) is 6.82. The second-order valence-corrected chi connectivity index (χ2v) is 13.7. The summed E-state index contributed by atoms with van der Waals surface area (Å²) in [4.78, 5) is 30.8. The van der Waals surface area contributed by atoms with Crippen LogP contribution in [0.3, 0.4) is 0 Å². The first kappa shape index (κ1) is 34.6. The van der Waals surface area contributed by atoms with Crippen molar-refractivity contribution >= 4 is 39.3 Å². The molecular formula is C36H41N3O5S2. The number of benzene rings is 4. The number of carbonyl (C=O) groups excluding carboxylic acids is 2. The van der Waals surface area contributed by atoms with Crippen molar-refractivity contribution in [3.63, 3.8) is 0 Å². The molecule has 0 bridgehead atoms. The molecule has 0 unspecified atom stereocenters. The molecule has 242 valence electrons. The van der Waals surface area contributed by atoms with E-state index < -0.39 is 28.5 Å². The van der Waals surface area contributed by atoms with Crippen LogP contribution in [-0.2, 0) is 32.6 Å². The molecule has 4 aromatic rings. The third kappa shape index (κ3) is 9.14. The number of hydrogen-bond donors (Lipinski definition) is 1. The van der Waals surface area contributed by atoms with Crippen LogP contribution >= 0.6 is 11.8 Å². The molecule has 0 heterocycles. The van der Waals surface area contributed by atoms with Crippen molar-refractivity contribution < 1.29 is 22.7 Å². The van der Waals surface area contributed by atoms with Gasteiger partial charge in [0.1, 0.15) is 18.3 Å². The van der Waals surface area contributed by atoms with Crippen LogP contribution < -0.4 is 14.4 Å². The third-order valence-electron chi connectivity index (χ3n) is 7.26. The van der Waals surface area contributed by atoms with Gasteiger partial charge in [0.15, 0.2) is 0 Å². The van der Waals surface area contributed by atoms with Gasteiger partial charge in [0, 0.05) is 23.9 Å². The number of hydrogen-bond acceptors (Lipinski definition) is 6. The number of rotatable bonds is 15. The van der Waals surface area contributed by atoms with Crippen LogP contribution in [0, 0.1) is 0 Å². The van der Waals surface area contributed by atoms with Crippen molar-refractivity contribution in [2.45, 2.75) is 55.6 Å². The summed E-state index contributed by atoms with van der Waals surface area (Å²) in [5, 5.41) is 2.97. The van der Waals surface area contributed by atoms with Crippen molar-refractivity contribution in [1.82, 2.24) is 10.2 Å². The second kappa shape index (κ2) is 16.3. The molecule has 0 aliphatic carbocycles. The highest BCUT2D eigenvalue weighted by Gasteiger charge is 2.34. The van der Waals surface area contributed by atoms with Crippen molar-refractivity contribution in [1.29, 1.82) is 0 Å². The molecule has 0 saturated heterocycles. The van der Waals surface area contributed by atoms with E-state index in [1.807, 2.05) is 87.7 Å². The van der Waals surface area contributed by atoms with Crippen molar-refractivity contribution in [3.8, 4) is 5.75 Å². The molecule has 0 aliphatic heterocycles. The maximum atomic E-state index is 14.5. The molecule has 0 aliphatic rings. The number of nitrogens with zero attached hydrogens (tertiary/aromatic N) is 2. The van der Waals surface area contributed by atoms with Crippen molar-refractivity contribution in [3.05, 3.63) is 120 Å². The predicted molar refractivity (Wildman–Crippen MR) is 185 cm³/mol. The SMILES string of the molecule is CCOc1ccc(N(CC(=O)N(Cc2ccccc2)[C@H](Cc2ccccc2)C(=O)NC(C)C)S(=O)(=O)c2ccc(SC)cc2)cc1. The Bertz CT molecular complexity index is 1660. The van der Waals surface area contributed by atoms with E-state index in [1.54, 1.807) is 48.5 Å². The fraction of sp³-hybridized carbons (Fsp3) is 0.278. The minimum atomic E-state index is -4.19. The summed E-state index contributed by atoms with van der Waals surface area (Å²) in [5.41, 5.74) is 1.99. The smallest absolute Gasteiger partial charge is 0.264 e. The van der Waals surface area contributed by atoms with Gasteiger partial charge in [-0.1, -0.05) is 60.7 Å². The Kier molecular flexibility index (Phi) is 12.3. The zero-order chi connectivity index (χ0) is 33.1. The zero-order valence-electron chi connectivity index (χ0n) is 26.6. The number of ether oxygens (including phenoxy) is 1. The molecule has 46 heavy (non-hydrogen) atoms. The van der Waals surface area contributed by atoms with Gasteiger partial charge in [-0.05, 0) is 86.7 Å². The van der Waals surface area contributed by atoms with E-state index in [0.717, 1.165) is 20.3 Å². The molecule has 0 aromatic heterocycles. The summed E-state index contributed by atoms with van der Waals surface area (Å²) in [6.45, 7) is 5.64. The first-order valence-electron chi connectivity index (χ1n) is 15.2. The number of sulfonamides is 1. The average Bonchev–Trinajstić information content (AvgIpc) is 3.06. The molecule has 10 heteroatoms. The van der Waals surface area contributed by atoms with E-state index in [4.69, 9.17) is 4.74 Å². The Morgan fingerprint density at radius 2 is 1.41 bits per heavy atom. The number of carbonyl (C=O) groups is 2. The van der Waals surface area contributed by atoms with E-state index in [0.29, 0.717) is 18.0 Å². The molecule has 2 amide bonds. The normalized spacial score (nSPS) is 11.9. The minimum absolute atomic E-state index is 0.0555. The monoisotopic (exact) mass is 659 g/mol. The highest BCUT2D eigenvalue weighted by atomic mass is 32.2. The van der Waals surface area contributed by atoms with E-state index >= 15 is 0 Å². The van der Waals surface area contributed by atoms with Crippen LogP contribution in [0.1, 0.15) is 31.9 Å². The lowest BCUT2D eigenvalue weighted by Gasteiger charge is -2.34. The van der Waals surface area contributed by atoms with Crippen LogP contribution in [0.5, 0.6) is 5.75 Å². The molecule has 0 radical (unpaired) electrons. The lowest BCUT2D eigenvalue weighted by Crippen LogP contribution is -2.54. The Morgan fingerprint density at radius 1 is 0.826 bits per heavy atom. The summed E-state index contributed by atoms with van der Waals surface area (Å²) in [6.07, 6.45) is 2.17. The Hall–Kier alpha value is -4.28. The Labute approximate surface area is 276 Å². The molecule has 0 saturated carbocycles. The summed E-state index contributed by atoms with van der Waals surface area (Å²) in [7, 11) is -4.19. The molecular weight excluding hydrogens is 619 g/mol. The molecule has 4 rings (SSSR count). The largest absolute Gasteiger partial charge is 0.494 e. The highest BCUT2D eigenvalue weighted by molar-refractivity contribution is 7.98. The summed E-state index contributed by atoms with van der Waals surface area (Å²) < 4.78 is 35.2. The molecule has 1 atom stereocenters. The van der Waals surface area contributed by atoms with Gasteiger partial charge in [-0.2, -0.15) is 0 Å². The van der Waals surface area contributed by atoms with Crippen molar-refractivity contribution in [2.24, 2.45) is 0 Å². The van der Waals surface area contributed by atoms with E-state index in [1.165, 1.54) is 16.7 Å². The highest BCUT2D eigenvalue weighted by Crippen LogP contribution is 2.28. The van der Waals surface area contributed by atoms with Gasteiger partial charge in [-0.25, -0.2) is 8.42 Å². The lowest BCUT2D eigenvalue weighted by molar-refractivity contribution is -0.140. The van der Waals surface area contributed by atoms with Crippen LogP contribution in [0.25, 0.3) is 0 Å². The molecule has 0 fully saturated rings. The summed E-state index contributed by atoms with van der Waals surface area (Å²) in [6, 6.07) is 31.0. The summed E-state index contributed by atoms with van der Waals surface area (Å²) in [5.74, 6) is -0.244. The summed E-state index contributed by atoms with van der Waals surface area (Å²) >= 11 is 1.50. The van der Waals surface area contributed by atoms with Crippen molar-refractivity contribution in [2.75, 3.05) is 23.7 Å². The van der Waals surface area contributed by atoms with Crippen LogP contribution in [0.2, 0.25) is 0 Å². The Morgan fingerprint density at radius 3 is 1.96 bits per heavy atom. The number of anilines is 1. The van der Waals surface area contributed by atoms with E-state index in [2.05, 4.69) is 5.32 Å². The van der Waals surface area contributed by atoms with Gasteiger partial charge in [0.25, 0.3) is 10.0 Å². The van der Waals surface area contributed by atoms with E-state index in [9.17, 15) is 18.0 Å².